The van der Waals surface area contributed by atoms with Gasteiger partial charge in [0, 0.05) is 0 Å². The Balaban J connectivity index is 2.38. The van der Waals surface area contributed by atoms with Gasteiger partial charge >= 0.3 is 0 Å². The van der Waals surface area contributed by atoms with Gasteiger partial charge < -0.3 is 18.9 Å². The summed E-state index contributed by atoms with van der Waals surface area (Å²) in [5, 5.41) is 0. The molecule has 0 aromatic rings. The van der Waals surface area contributed by atoms with Crippen LogP contribution in [0.25, 0.3) is 0 Å². The first-order valence-corrected chi connectivity index (χ1v) is 10.8. The highest BCUT2D eigenvalue weighted by Crippen LogP contribution is 1.95. The first kappa shape index (κ1) is 19.8. The number of sulfone groups is 2. The van der Waals surface area contributed by atoms with Crippen molar-refractivity contribution in [2.24, 2.45) is 0 Å². The maximum absolute atomic E-state index is 11.6. The molecule has 1 aliphatic rings. The molecule has 0 radical (unpaired) electrons. The van der Waals surface area contributed by atoms with E-state index in [4.69, 9.17) is 18.9 Å². The molecule has 10 heteroatoms. The van der Waals surface area contributed by atoms with E-state index in [1.807, 2.05) is 0 Å². The van der Waals surface area contributed by atoms with Crippen LogP contribution in [0.1, 0.15) is 0 Å². The fraction of sp³-hybridized carbons (Fsp3) is 1.00. The van der Waals surface area contributed by atoms with Crippen molar-refractivity contribution in [1.29, 1.82) is 0 Å². The summed E-state index contributed by atoms with van der Waals surface area (Å²) in [5.41, 5.74) is 0. The first-order valence-electron chi connectivity index (χ1n) is 7.13. The van der Waals surface area contributed by atoms with Crippen LogP contribution in [0.4, 0.5) is 0 Å². The second-order valence-corrected chi connectivity index (χ2v) is 9.36. The van der Waals surface area contributed by atoms with E-state index in [2.05, 4.69) is 0 Å². The summed E-state index contributed by atoms with van der Waals surface area (Å²) in [5.74, 6) is -0.273. The summed E-state index contributed by atoms with van der Waals surface area (Å²) in [7, 11) is -6.37. The van der Waals surface area contributed by atoms with Gasteiger partial charge in [-0.1, -0.05) is 0 Å². The van der Waals surface area contributed by atoms with Crippen LogP contribution < -0.4 is 0 Å². The van der Waals surface area contributed by atoms with Crippen molar-refractivity contribution in [3.05, 3.63) is 0 Å². The molecule has 0 aromatic heterocycles. The summed E-state index contributed by atoms with van der Waals surface area (Å²) in [6, 6.07) is 0. The topological polar surface area (TPSA) is 105 Å². The lowest BCUT2D eigenvalue weighted by atomic mass is 10.7. The molecule has 1 fully saturated rings. The van der Waals surface area contributed by atoms with E-state index in [9.17, 15) is 16.8 Å². The van der Waals surface area contributed by atoms with Crippen LogP contribution in [0.3, 0.4) is 0 Å². The average molecular weight is 360 g/mol. The smallest absolute Gasteiger partial charge is 0.154 e. The Hall–Kier alpha value is -0.260. The van der Waals surface area contributed by atoms with E-state index in [0.29, 0.717) is 0 Å². The Labute approximate surface area is 131 Å². The van der Waals surface area contributed by atoms with Crippen LogP contribution in [0.5, 0.6) is 0 Å². The number of hydrogen-bond acceptors (Lipinski definition) is 8. The molecule has 0 N–H and O–H groups in total. The molecule has 0 saturated carbocycles. The van der Waals surface area contributed by atoms with Crippen LogP contribution >= 0.6 is 0 Å². The minimum atomic E-state index is -3.19. The van der Waals surface area contributed by atoms with Crippen LogP contribution in [0, 0.1) is 0 Å². The van der Waals surface area contributed by atoms with Gasteiger partial charge in [-0.15, -0.1) is 0 Å². The molecular weight excluding hydrogens is 336 g/mol. The first-order chi connectivity index (χ1) is 10.4. The van der Waals surface area contributed by atoms with E-state index in [1.54, 1.807) is 0 Å². The SMILES string of the molecule is O=S1(=O)CCOCCOCCS(=O)(=O)CCOCCOCC1. The Morgan fingerprint density at radius 1 is 0.409 bits per heavy atom. The molecule has 1 heterocycles. The predicted octanol–water partition coefficient (Wildman–Crippen LogP) is -1.10. The lowest BCUT2D eigenvalue weighted by molar-refractivity contribution is 0.0565. The van der Waals surface area contributed by atoms with Gasteiger partial charge in [0.25, 0.3) is 0 Å². The molecule has 132 valence electrons. The zero-order valence-corrected chi connectivity index (χ0v) is 14.2. The lowest BCUT2D eigenvalue weighted by Gasteiger charge is -2.10. The quantitative estimate of drug-likeness (QED) is 0.536. The van der Waals surface area contributed by atoms with Crippen molar-refractivity contribution >= 4 is 19.7 Å². The van der Waals surface area contributed by atoms with Gasteiger partial charge in [0.15, 0.2) is 19.7 Å². The Morgan fingerprint density at radius 3 is 0.864 bits per heavy atom. The standard InChI is InChI=1S/C12H24O8S2/c13-21(14)9-5-17-1-2-18-6-10-22(15,16)12-8-20-4-3-19-7-11-21/h1-12H2. The number of ether oxygens (including phenoxy) is 4. The van der Waals surface area contributed by atoms with Crippen molar-refractivity contribution in [3.63, 3.8) is 0 Å². The monoisotopic (exact) mass is 360 g/mol. The highest BCUT2D eigenvalue weighted by molar-refractivity contribution is 7.91. The van der Waals surface area contributed by atoms with Crippen LogP contribution in [0.15, 0.2) is 0 Å². The van der Waals surface area contributed by atoms with Gasteiger partial charge in [-0.2, -0.15) is 0 Å². The fourth-order valence-corrected chi connectivity index (χ4v) is 3.49. The molecule has 0 atom stereocenters. The van der Waals surface area contributed by atoms with E-state index in [1.165, 1.54) is 0 Å². The second kappa shape index (κ2) is 10.5. The summed E-state index contributed by atoms with van der Waals surface area (Å²) >= 11 is 0. The minimum Gasteiger partial charge on any atom is -0.378 e. The molecule has 22 heavy (non-hydrogen) atoms. The van der Waals surface area contributed by atoms with Crippen LogP contribution in [-0.2, 0) is 38.6 Å². The maximum Gasteiger partial charge on any atom is 0.154 e. The Kier molecular flexibility index (Phi) is 9.45. The Morgan fingerprint density at radius 2 is 0.636 bits per heavy atom. The zero-order valence-electron chi connectivity index (χ0n) is 12.6. The van der Waals surface area contributed by atoms with Crippen LogP contribution in [0.2, 0.25) is 0 Å². The molecule has 1 saturated heterocycles. The highest BCUT2D eigenvalue weighted by atomic mass is 32.2. The van der Waals surface area contributed by atoms with Gasteiger partial charge in [-0.25, -0.2) is 16.8 Å². The predicted molar refractivity (Wildman–Crippen MR) is 80.6 cm³/mol. The third-order valence-electron chi connectivity index (χ3n) is 2.90. The summed E-state index contributed by atoms with van der Waals surface area (Å²) < 4.78 is 67.2. The largest absolute Gasteiger partial charge is 0.378 e. The van der Waals surface area contributed by atoms with Crippen LogP contribution in [-0.4, -0.2) is 92.7 Å². The molecular formula is C12H24O8S2. The van der Waals surface area contributed by atoms with Gasteiger partial charge in [-0.3, -0.25) is 0 Å². The van der Waals surface area contributed by atoms with Gasteiger partial charge in [-0.05, 0) is 0 Å². The third-order valence-corrected chi connectivity index (χ3v) is 6.05. The van der Waals surface area contributed by atoms with Crippen molar-refractivity contribution in [1.82, 2.24) is 0 Å². The van der Waals surface area contributed by atoms with Crippen molar-refractivity contribution in [2.75, 3.05) is 75.9 Å². The molecule has 1 rings (SSSR count). The number of rotatable bonds is 0. The molecule has 0 bridgehead atoms. The van der Waals surface area contributed by atoms with Crippen molar-refractivity contribution in [3.8, 4) is 0 Å². The second-order valence-electron chi connectivity index (χ2n) is 4.75. The minimum absolute atomic E-state index is 0.0682. The normalized spacial score (nSPS) is 26.5. The van der Waals surface area contributed by atoms with E-state index >= 15 is 0 Å². The molecule has 0 spiro atoms. The van der Waals surface area contributed by atoms with Gasteiger partial charge in [0.05, 0.1) is 75.9 Å². The lowest BCUT2D eigenvalue weighted by Crippen LogP contribution is -2.23. The Bertz CT molecular complexity index is 407. The van der Waals surface area contributed by atoms with Crippen molar-refractivity contribution < 1.29 is 35.8 Å². The molecule has 0 aliphatic carbocycles. The summed E-state index contributed by atoms with van der Waals surface area (Å²) in [6.07, 6.45) is 0. The highest BCUT2D eigenvalue weighted by Gasteiger charge is 2.12. The van der Waals surface area contributed by atoms with E-state index in [0.717, 1.165) is 0 Å². The fourth-order valence-electron chi connectivity index (χ4n) is 1.59. The van der Waals surface area contributed by atoms with Gasteiger partial charge in [0.1, 0.15) is 0 Å². The molecule has 1 aliphatic heterocycles. The summed E-state index contributed by atoms with van der Waals surface area (Å²) in [6.45, 7) is 1.29. The van der Waals surface area contributed by atoms with Crippen molar-refractivity contribution in [2.45, 2.75) is 0 Å². The average Bonchev–Trinajstić information content (AvgIpc) is 2.43. The number of hydrogen-bond donors (Lipinski definition) is 0. The summed E-state index contributed by atoms with van der Waals surface area (Å²) in [4.78, 5) is 0. The molecule has 0 aromatic carbocycles. The molecule has 8 nitrogen and oxygen atoms in total. The maximum atomic E-state index is 11.6. The molecule has 0 unspecified atom stereocenters. The van der Waals surface area contributed by atoms with E-state index in [-0.39, 0.29) is 75.9 Å². The zero-order chi connectivity index (χ0) is 16.3. The molecule has 0 amide bonds. The van der Waals surface area contributed by atoms with Gasteiger partial charge in [0.2, 0.25) is 0 Å². The third kappa shape index (κ3) is 10.5. The van der Waals surface area contributed by atoms with E-state index < -0.39 is 19.7 Å².